The summed E-state index contributed by atoms with van der Waals surface area (Å²) in [6.07, 6.45) is 0. The van der Waals surface area contributed by atoms with Crippen molar-refractivity contribution >= 4 is 9.84 Å². The van der Waals surface area contributed by atoms with Gasteiger partial charge in [0.1, 0.15) is 5.76 Å². The van der Waals surface area contributed by atoms with Gasteiger partial charge in [-0.25, -0.2) is 8.42 Å². The van der Waals surface area contributed by atoms with E-state index in [9.17, 15) is 13.2 Å². The molecule has 0 radical (unpaired) electrons. The first-order valence-corrected chi connectivity index (χ1v) is 5.45. The van der Waals surface area contributed by atoms with Gasteiger partial charge in [-0.05, 0) is 6.92 Å². The third-order valence-corrected chi connectivity index (χ3v) is 3.13. The Bertz CT molecular complexity index is 455. The monoisotopic (exact) mass is 202 g/mol. The predicted molar refractivity (Wildman–Crippen MR) is 47.4 cm³/mol. The summed E-state index contributed by atoms with van der Waals surface area (Å²) < 4.78 is 27.5. The largest absolute Gasteiger partial charge is 0.450 e. The van der Waals surface area contributed by atoms with Crippen LogP contribution >= 0.6 is 0 Å². The Hall–Kier alpha value is -1.10. The first kappa shape index (κ1) is 9.98. The maximum Gasteiger partial charge on any atom is 0.221 e. The van der Waals surface area contributed by atoms with E-state index in [1.807, 2.05) is 0 Å². The van der Waals surface area contributed by atoms with E-state index in [-0.39, 0.29) is 16.3 Å². The highest BCUT2D eigenvalue weighted by molar-refractivity contribution is 7.91. The lowest BCUT2D eigenvalue weighted by atomic mass is 10.4. The van der Waals surface area contributed by atoms with Crippen molar-refractivity contribution in [1.82, 2.24) is 0 Å². The van der Waals surface area contributed by atoms with E-state index in [1.54, 1.807) is 0 Å². The summed E-state index contributed by atoms with van der Waals surface area (Å²) in [5.74, 6) is 0.235. The van der Waals surface area contributed by atoms with Crippen LogP contribution in [0.1, 0.15) is 12.7 Å². The Balaban J connectivity index is 3.40. The van der Waals surface area contributed by atoms with Crippen LogP contribution in [0.4, 0.5) is 0 Å². The maximum atomic E-state index is 11.3. The van der Waals surface area contributed by atoms with Crippen molar-refractivity contribution in [2.75, 3.05) is 5.75 Å². The Morgan fingerprint density at radius 2 is 2.00 bits per heavy atom. The summed E-state index contributed by atoms with van der Waals surface area (Å²) in [4.78, 5) is 10.9. The topological polar surface area (TPSA) is 64.3 Å². The van der Waals surface area contributed by atoms with Gasteiger partial charge >= 0.3 is 0 Å². The van der Waals surface area contributed by atoms with Gasteiger partial charge in [0, 0.05) is 12.1 Å². The van der Waals surface area contributed by atoms with Crippen LogP contribution in [0.5, 0.6) is 0 Å². The molecule has 0 saturated carbocycles. The summed E-state index contributed by atoms with van der Waals surface area (Å²) in [7, 11) is -3.41. The van der Waals surface area contributed by atoms with Crippen LogP contribution in [0.3, 0.4) is 0 Å². The standard InChI is InChI=1S/C8H10O4S/c1-3-13(10,11)8-5-7(9)4-6(2)12-8/h4-5H,3H2,1-2H3. The molecule has 72 valence electrons. The molecule has 0 aliphatic carbocycles. The molecule has 0 aromatic carbocycles. The number of rotatable bonds is 2. The van der Waals surface area contributed by atoms with Gasteiger partial charge < -0.3 is 4.42 Å². The summed E-state index contributed by atoms with van der Waals surface area (Å²) in [5.41, 5.74) is -0.351. The highest BCUT2D eigenvalue weighted by atomic mass is 32.2. The lowest BCUT2D eigenvalue weighted by Gasteiger charge is -1.99. The first-order chi connectivity index (χ1) is 5.95. The molecule has 0 spiro atoms. The average molecular weight is 202 g/mol. The van der Waals surface area contributed by atoms with Crippen molar-refractivity contribution in [3.63, 3.8) is 0 Å². The summed E-state index contributed by atoms with van der Waals surface area (Å²) in [6, 6.07) is 2.24. The molecule has 0 amide bonds. The minimum absolute atomic E-state index is 0.0700. The summed E-state index contributed by atoms with van der Waals surface area (Å²) in [6.45, 7) is 3.04. The lowest BCUT2D eigenvalue weighted by Crippen LogP contribution is -2.08. The van der Waals surface area contributed by atoms with Crippen LogP contribution in [0.25, 0.3) is 0 Å². The first-order valence-electron chi connectivity index (χ1n) is 3.80. The molecule has 1 aromatic heterocycles. The minimum atomic E-state index is -3.41. The average Bonchev–Trinajstić information content (AvgIpc) is 2.02. The molecule has 0 aliphatic rings. The number of hydrogen-bond acceptors (Lipinski definition) is 4. The zero-order valence-electron chi connectivity index (χ0n) is 7.40. The molecule has 0 fully saturated rings. The maximum absolute atomic E-state index is 11.3. The molecule has 4 nitrogen and oxygen atoms in total. The number of sulfone groups is 1. The zero-order valence-corrected chi connectivity index (χ0v) is 8.22. The molecule has 1 aromatic rings. The molecule has 5 heteroatoms. The second-order valence-corrected chi connectivity index (χ2v) is 4.84. The molecular weight excluding hydrogens is 192 g/mol. The number of aryl methyl sites for hydroxylation is 1. The summed E-state index contributed by atoms with van der Waals surface area (Å²) in [5, 5.41) is -0.250. The molecular formula is C8H10O4S. The van der Waals surface area contributed by atoms with Crippen molar-refractivity contribution in [1.29, 1.82) is 0 Å². The third-order valence-electron chi connectivity index (χ3n) is 1.55. The Kier molecular flexibility index (Phi) is 2.56. The van der Waals surface area contributed by atoms with E-state index in [0.29, 0.717) is 5.76 Å². The minimum Gasteiger partial charge on any atom is -0.450 e. The van der Waals surface area contributed by atoms with Crippen LogP contribution < -0.4 is 5.43 Å². The van der Waals surface area contributed by atoms with E-state index >= 15 is 0 Å². The number of hydrogen-bond donors (Lipinski definition) is 0. The molecule has 0 saturated heterocycles. The predicted octanol–water partition coefficient (Wildman–Crippen LogP) is 0.742. The van der Waals surface area contributed by atoms with Crippen molar-refractivity contribution in [2.24, 2.45) is 0 Å². The zero-order chi connectivity index (χ0) is 10.1. The van der Waals surface area contributed by atoms with Gasteiger partial charge in [-0.3, -0.25) is 4.79 Å². The highest BCUT2D eigenvalue weighted by Gasteiger charge is 2.15. The van der Waals surface area contributed by atoms with E-state index in [4.69, 9.17) is 4.42 Å². The molecule has 0 unspecified atom stereocenters. The Morgan fingerprint density at radius 3 is 2.46 bits per heavy atom. The van der Waals surface area contributed by atoms with E-state index in [0.717, 1.165) is 6.07 Å². The van der Waals surface area contributed by atoms with E-state index < -0.39 is 9.84 Å². The van der Waals surface area contributed by atoms with Gasteiger partial charge in [0.25, 0.3) is 0 Å². The van der Waals surface area contributed by atoms with Crippen molar-refractivity contribution in [3.05, 3.63) is 28.1 Å². The lowest BCUT2D eigenvalue weighted by molar-refractivity contribution is 0.408. The molecule has 0 aliphatic heterocycles. The second-order valence-electron chi connectivity index (χ2n) is 2.63. The molecule has 1 heterocycles. The van der Waals surface area contributed by atoms with Gasteiger partial charge in [-0.2, -0.15) is 0 Å². The van der Waals surface area contributed by atoms with Crippen LogP contribution in [-0.4, -0.2) is 14.2 Å². The van der Waals surface area contributed by atoms with E-state index in [2.05, 4.69) is 0 Å². The molecule has 0 N–H and O–H groups in total. The van der Waals surface area contributed by atoms with Crippen molar-refractivity contribution in [2.45, 2.75) is 18.9 Å². The quantitative estimate of drug-likeness (QED) is 0.709. The van der Waals surface area contributed by atoms with Crippen LogP contribution in [0.2, 0.25) is 0 Å². The molecule has 0 bridgehead atoms. The molecule has 1 rings (SSSR count). The van der Waals surface area contributed by atoms with Crippen LogP contribution in [0, 0.1) is 6.92 Å². The second kappa shape index (κ2) is 3.33. The van der Waals surface area contributed by atoms with Crippen molar-refractivity contribution < 1.29 is 12.8 Å². The fourth-order valence-electron chi connectivity index (χ4n) is 0.871. The van der Waals surface area contributed by atoms with Crippen LogP contribution in [0.15, 0.2) is 26.4 Å². The molecule has 0 atom stereocenters. The Morgan fingerprint density at radius 1 is 1.38 bits per heavy atom. The van der Waals surface area contributed by atoms with Gasteiger partial charge in [0.2, 0.25) is 14.9 Å². The SMILES string of the molecule is CCS(=O)(=O)c1cc(=O)cc(C)o1. The normalized spacial score (nSPS) is 11.5. The van der Waals surface area contributed by atoms with E-state index in [1.165, 1.54) is 19.9 Å². The summed E-state index contributed by atoms with van der Waals surface area (Å²) >= 11 is 0. The van der Waals surface area contributed by atoms with Gasteiger partial charge in [-0.1, -0.05) is 6.92 Å². The van der Waals surface area contributed by atoms with Crippen molar-refractivity contribution in [3.8, 4) is 0 Å². The fourth-order valence-corrected chi connectivity index (χ4v) is 1.71. The van der Waals surface area contributed by atoms with Crippen LogP contribution in [-0.2, 0) is 9.84 Å². The smallest absolute Gasteiger partial charge is 0.221 e. The van der Waals surface area contributed by atoms with Gasteiger partial charge in [-0.15, -0.1) is 0 Å². The van der Waals surface area contributed by atoms with Gasteiger partial charge in [0.15, 0.2) is 5.43 Å². The van der Waals surface area contributed by atoms with Gasteiger partial charge in [0.05, 0.1) is 5.75 Å². The third kappa shape index (κ3) is 2.18. The highest BCUT2D eigenvalue weighted by Crippen LogP contribution is 2.09. The molecule has 13 heavy (non-hydrogen) atoms. The fraction of sp³-hybridized carbons (Fsp3) is 0.375. The Labute approximate surface area is 76.1 Å².